The SMILES string of the molecule is COc1cc(/C=C2/C(=O)N(c3c(F)c(F)c(F)c(F)c3F)N=C2C)c(Br)cc1OC(C)=O. The van der Waals surface area contributed by atoms with Crippen molar-refractivity contribution >= 4 is 45.3 Å². The number of anilines is 1. The van der Waals surface area contributed by atoms with Crippen LogP contribution in [-0.2, 0) is 9.59 Å². The zero-order valence-electron chi connectivity index (χ0n) is 16.5. The summed E-state index contributed by atoms with van der Waals surface area (Å²) in [5, 5.41) is 3.77. The van der Waals surface area contributed by atoms with Gasteiger partial charge in [-0.3, -0.25) is 9.59 Å². The van der Waals surface area contributed by atoms with Crippen molar-refractivity contribution in [2.45, 2.75) is 13.8 Å². The highest BCUT2D eigenvalue weighted by atomic mass is 79.9. The van der Waals surface area contributed by atoms with Crippen molar-refractivity contribution < 1.29 is 41.0 Å². The number of hydrazone groups is 1. The Bertz CT molecular complexity index is 1200. The molecule has 0 saturated heterocycles. The first-order chi connectivity index (χ1) is 15.0. The molecule has 0 bridgehead atoms. The Morgan fingerprint density at radius 1 is 1.03 bits per heavy atom. The predicted molar refractivity (Wildman–Crippen MR) is 107 cm³/mol. The van der Waals surface area contributed by atoms with Gasteiger partial charge in [-0.25, -0.2) is 22.0 Å². The Balaban J connectivity index is 2.08. The zero-order valence-corrected chi connectivity index (χ0v) is 18.1. The number of methoxy groups -OCH3 is 1. The molecule has 1 amide bonds. The Morgan fingerprint density at radius 2 is 1.59 bits per heavy atom. The van der Waals surface area contributed by atoms with E-state index in [1.807, 2.05) is 0 Å². The Hall–Kier alpha value is -3.28. The topological polar surface area (TPSA) is 68.2 Å². The third-order valence-electron chi connectivity index (χ3n) is 4.30. The van der Waals surface area contributed by atoms with E-state index in [2.05, 4.69) is 21.0 Å². The summed E-state index contributed by atoms with van der Waals surface area (Å²) in [6.45, 7) is 2.50. The summed E-state index contributed by atoms with van der Waals surface area (Å²) >= 11 is 3.24. The van der Waals surface area contributed by atoms with E-state index < -0.39 is 46.6 Å². The number of halogens is 6. The summed E-state index contributed by atoms with van der Waals surface area (Å²) in [5.41, 5.74) is -1.41. The van der Waals surface area contributed by atoms with Crippen molar-refractivity contribution in [1.29, 1.82) is 0 Å². The molecule has 0 saturated carbocycles. The number of nitrogens with zero attached hydrogens (tertiary/aromatic N) is 2. The molecule has 3 rings (SSSR count). The Labute approximate surface area is 186 Å². The lowest BCUT2D eigenvalue weighted by molar-refractivity contribution is -0.132. The molecule has 0 fully saturated rings. The maximum atomic E-state index is 14.2. The van der Waals surface area contributed by atoms with E-state index in [1.165, 1.54) is 39.2 Å². The number of esters is 1. The lowest BCUT2D eigenvalue weighted by atomic mass is 10.1. The highest BCUT2D eigenvalue weighted by Crippen LogP contribution is 2.37. The normalized spacial score (nSPS) is 14.8. The van der Waals surface area contributed by atoms with Crippen LogP contribution in [0.1, 0.15) is 19.4 Å². The van der Waals surface area contributed by atoms with Crippen molar-refractivity contribution in [3.05, 3.63) is 56.8 Å². The molecular weight excluding hydrogens is 507 g/mol. The number of hydrogen-bond acceptors (Lipinski definition) is 5. The molecule has 1 heterocycles. The summed E-state index contributed by atoms with van der Waals surface area (Å²) < 4.78 is 79.3. The maximum absolute atomic E-state index is 14.2. The fourth-order valence-electron chi connectivity index (χ4n) is 2.83. The molecule has 2 aromatic rings. The average molecular weight is 519 g/mol. The minimum absolute atomic E-state index is 0.0473. The average Bonchev–Trinajstić information content (AvgIpc) is 3.00. The number of benzene rings is 2. The molecule has 0 N–H and O–H groups in total. The van der Waals surface area contributed by atoms with Crippen molar-refractivity contribution in [3.63, 3.8) is 0 Å². The second-order valence-electron chi connectivity index (χ2n) is 6.40. The molecule has 12 heteroatoms. The molecule has 2 aromatic carbocycles. The van der Waals surface area contributed by atoms with E-state index in [0.29, 0.717) is 10.0 Å². The molecule has 0 atom stereocenters. The molecule has 0 unspecified atom stereocenters. The van der Waals surface area contributed by atoms with Gasteiger partial charge in [-0.2, -0.15) is 10.1 Å². The highest BCUT2D eigenvalue weighted by Gasteiger charge is 2.37. The minimum atomic E-state index is -2.35. The number of carbonyl (C=O) groups excluding carboxylic acids is 2. The second kappa shape index (κ2) is 8.69. The third-order valence-corrected chi connectivity index (χ3v) is 4.98. The van der Waals surface area contributed by atoms with Crippen LogP contribution in [0.4, 0.5) is 27.6 Å². The number of carbonyl (C=O) groups is 2. The van der Waals surface area contributed by atoms with Crippen LogP contribution in [-0.4, -0.2) is 24.7 Å². The molecule has 0 aliphatic carbocycles. The van der Waals surface area contributed by atoms with Crippen LogP contribution in [0, 0.1) is 29.1 Å². The van der Waals surface area contributed by atoms with E-state index in [4.69, 9.17) is 9.47 Å². The standard InChI is InChI=1S/C20H12BrF5N2O4/c1-7-10(4-9-5-12(31-3)13(6-11(9)21)32-8(2)29)20(30)28(27-7)19-17(25)15(23)14(22)16(24)18(19)26/h4-6H,1-3H3/b10-4+. The van der Waals surface area contributed by atoms with Crippen molar-refractivity contribution in [2.24, 2.45) is 5.10 Å². The summed E-state index contributed by atoms with van der Waals surface area (Å²) in [4.78, 5) is 24.0. The molecule has 1 aliphatic heterocycles. The maximum Gasteiger partial charge on any atom is 0.308 e. The molecule has 1 aliphatic rings. The molecule has 0 aromatic heterocycles. The monoisotopic (exact) mass is 518 g/mol. The van der Waals surface area contributed by atoms with E-state index in [9.17, 15) is 31.5 Å². The molecule has 0 radical (unpaired) electrons. The van der Waals surface area contributed by atoms with Crippen molar-refractivity contribution in [2.75, 3.05) is 12.1 Å². The lowest BCUT2D eigenvalue weighted by Crippen LogP contribution is -2.25. The molecule has 32 heavy (non-hydrogen) atoms. The Morgan fingerprint density at radius 3 is 2.12 bits per heavy atom. The van der Waals surface area contributed by atoms with Crippen LogP contribution in [0.15, 0.2) is 27.3 Å². The van der Waals surface area contributed by atoms with E-state index in [-0.39, 0.29) is 27.8 Å². The van der Waals surface area contributed by atoms with Crippen LogP contribution < -0.4 is 14.5 Å². The van der Waals surface area contributed by atoms with Gasteiger partial charge in [0.1, 0.15) is 5.69 Å². The molecular formula is C20H12BrF5N2O4. The van der Waals surface area contributed by atoms with Gasteiger partial charge in [0, 0.05) is 11.4 Å². The Kier molecular flexibility index (Phi) is 6.35. The third kappa shape index (κ3) is 3.97. The number of amides is 1. The van der Waals surface area contributed by atoms with E-state index in [1.54, 1.807) is 0 Å². The van der Waals surface area contributed by atoms with Gasteiger partial charge >= 0.3 is 5.97 Å². The van der Waals surface area contributed by atoms with Gasteiger partial charge in [0.25, 0.3) is 5.91 Å². The predicted octanol–water partition coefficient (Wildman–Crippen LogP) is 4.88. The van der Waals surface area contributed by atoms with Crippen LogP contribution in [0.25, 0.3) is 6.08 Å². The van der Waals surface area contributed by atoms with Crippen LogP contribution in [0.3, 0.4) is 0 Å². The van der Waals surface area contributed by atoms with E-state index >= 15 is 0 Å². The van der Waals surface area contributed by atoms with Crippen LogP contribution in [0.2, 0.25) is 0 Å². The van der Waals surface area contributed by atoms with Gasteiger partial charge in [0.15, 0.2) is 34.8 Å². The van der Waals surface area contributed by atoms with Crippen molar-refractivity contribution in [3.8, 4) is 11.5 Å². The fourth-order valence-corrected chi connectivity index (χ4v) is 3.26. The first kappa shape index (κ1) is 23.4. The summed E-state index contributed by atoms with van der Waals surface area (Å²) in [7, 11) is 1.31. The van der Waals surface area contributed by atoms with Crippen LogP contribution >= 0.6 is 15.9 Å². The highest BCUT2D eigenvalue weighted by molar-refractivity contribution is 9.10. The largest absolute Gasteiger partial charge is 0.493 e. The van der Waals surface area contributed by atoms with Gasteiger partial charge in [0.2, 0.25) is 5.82 Å². The number of rotatable bonds is 4. The second-order valence-corrected chi connectivity index (χ2v) is 7.25. The van der Waals surface area contributed by atoms with Gasteiger partial charge < -0.3 is 9.47 Å². The number of hydrogen-bond donors (Lipinski definition) is 0. The van der Waals surface area contributed by atoms with Gasteiger partial charge in [-0.15, -0.1) is 0 Å². The summed E-state index contributed by atoms with van der Waals surface area (Å²) in [5.74, 6) is -12.7. The molecule has 168 valence electrons. The van der Waals surface area contributed by atoms with Crippen LogP contribution in [0.5, 0.6) is 11.5 Å². The molecule has 6 nitrogen and oxygen atoms in total. The first-order valence-electron chi connectivity index (χ1n) is 8.67. The fraction of sp³-hybridized carbons (Fsp3) is 0.150. The minimum Gasteiger partial charge on any atom is -0.493 e. The summed E-state index contributed by atoms with van der Waals surface area (Å²) in [6.07, 6.45) is 1.26. The number of ether oxygens (including phenoxy) is 2. The summed E-state index contributed by atoms with van der Waals surface area (Å²) in [6, 6.07) is 2.79. The van der Waals surface area contributed by atoms with Gasteiger partial charge in [0.05, 0.1) is 18.4 Å². The lowest BCUT2D eigenvalue weighted by Gasteiger charge is -2.15. The smallest absolute Gasteiger partial charge is 0.308 e. The zero-order chi connectivity index (χ0) is 23.9. The molecule has 0 spiro atoms. The van der Waals surface area contributed by atoms with Gasteiger partial charge in [-0.1, -0.05) is 15.9 Å². The quantitative estimate of drug-likeness (QED) is 0.144. The van der Waals surface area contributed by atoms with Crippen molar-refractivity contribution in [1.82, 2.24) is 0 Å². The van der Waals surface area contributed by atoms with E-state index in [0.717, 1.165) is 0 Å². The first-order valence-corrected chi connectivity index (χ1v) is 9.46. The van der Waals surface area contributed by atoms with Gasteiger partial charge in [-0.05, 0) is 30.7 Å².